The Morgan fingerprint density at radius 3 is 2.16 bits per heavy atom. The molecule has 16 heteroatoms. The summed E-state index contributed by atoms with van der Waals surface area (Å²) < 4.78 is 85.2. The lowest BCUT2D eigenvalue weighted by atomic mass is 10.2. The van der Waals surface area contributed by atoms with Crippen molar-refractivity contribution in [2.24, 2.45) is 0 Å². The van der Waals surface area contributed by atoms with Gasteiger partial charge in [-0.25, -0.2) is 4.79 Å². The predicted molar refractivity (Wildman–Crippen MR) is 129 cm³/mol. The van der Waals surface area contributed by atoms with Crippen LogP contribution in [-0.4, -0.2) is 66.1 Å². The fourth-order valence-corrected chi connectivity index (χ4v) is 4.87. The maximum absolute atomic E-state index is 12.7. The Kier molecular flexibility index (Phi) is 10.1. The number of hydrogen-bond acceptors (Lipinski definition) is 7. The molecule has 2 aliphatic rings. The highest BCUT2D eigenvalue weighted by Crippen LogP contribution is 2.46. The van der Waals surface area contributed by atoms with E-state index in [0.717, 1.165) is 22.7 Å². The van der Waals surface area contributed by atoms with Crippen LogP contribution in [0.5, 0.6) is 0 Å². The number of aliphatic hydroxyl groups is 1. The third-order valence-corrected chi connectivity index (χ3v) is 6.75. The first-order valence-corrected chi connectivity index (χ1v) is 12.8. The molecule has 1 N–H and O–H groups in total. The van der Waals surface area contributed by atoms with Gasteiger partial charge in [-0.15, -0.1) is 11.6 Å². The van der Waals surface area contributed by atoms with E-state index in [1.807, 2.05) is 30.3 Å². The summed E-state index contributed by atoms with van der Waals surface area (Å²) in [4.78, 5) is 24.8. The number of alkyl halides is 7. The minimum absolute atomic E-state index is 0.190. The van der Waals surface area contributed by atoms with Crippen molar-refractivity contribution in [1.29, 1.82) is 0 Å². The van der Waals surface area contributed by atoms with Crippen molar-refractivity contribution < 1.29 is 50.5 Å². The molecule has 0 spiro atoms. The van der Waals surface area contributed by atoms with Crippen LogP contribution in [0, 0.1) is 0 Å². The largest absolute Gasteiger partial charge is 0.446 e. The zero-order valence-corrected chi connectivity index (χ0v) is 21.4. The predicted octanol–water partition coefficient (Wildman–Crippen LogP) is 5.84. The van der Waals surface area contributed by atoms with E-state index in [1.54, 1.807) is 4.90 Å². The van der Waals surface area contributed by atoms with Gasteiger partial charge in [0, 0.05) is 15.5 Å². The van der Waals surface area contributed by atoms with Crippen molar-refractivity contribution in [1.82, 2.24) is 0 Å². The Hall–Kier alpha value is -2.33. The minimum Gasteiger partial charge on any atom is -0.443 e. The summed E-state index contributed by atoms with van der Waals surface area (Å²) in [6.45, 7) is -0.521. The zero-order valence-electron chi connectivity index (χ0n) is 19.0. The van der Waals surface area contributed by atoms with E-state index in [1.165, 1.54) is 0 Å². The van der Waals surface area contributed by atoms with Crippen molar-refractivity contribution in [3.63, 3.8) is 0 Å². The third kappa shape index (κ3) is 8.33. The van der Waals surface area contributed by atoms with Crippen molar-refractivity contribution >= 4 is 58.5 Å². The Morgan fingerprint density at radius 1 is 0.974 bits per heavy atom. The van der Waals surface area contributed by atoms with Crippen LogP contribution in [-0.2, 0) is 14.3 Å². The van der Waals surface area contributed by atoms with Gasteiger partial charge in [-0.2, -0.15) is 26.3 Å². The molecule has 4 rings (SSSR count). The first-order chi connectivity index (χ1) is 17.8. The van der Waals surface area contributed by atoms with Crippen LogP contribution in [0.2, 0.25) is 0 Å². The molecule has 0 aromatic heterocycles. The number of carbonyl (C=O) groups excluding carboxylic acids is 2. The monoisotopic (exact) mass is 604 g/mol. The fourth-order valence-electron chi connectivity index (χ4n) is 3.33. The molecule has 0 saturated carbocycles. The number of aliphatic hydroxyl groups excluding tert-OH is 1. The number of rotatable bonds is 6. The number of nitrogens with zero attached hydrogens (tertiary/aromatic N) is 2. The molecule has 2 aliphatic heterocycles. The number of ether oxygens (including phenoxy) is 2. The molecule has 2 amide bonds. The van der Waals surface area contributed by atoms with Gasteiger partial charge in [-0.1, -0.05) is 18.2 Å². The van der Waals surface area contributed by atoms with E-state index >= 15 is 0 Å². The second-order valence-corrected chi connectivity index (χ2v) is 10.1. The molecular weight excluding hydrogens is 586 g/mol. The number of hydrogen-bond donors (Lipinski definition) is 1. The average Bonchev–Trinajstić information content (AvgIpc) is 3.40. The molecule has 2 aromatic rings. The molecule has 7 nitrogen and oxygen atoms in total. The number of halogens is 7. The number of amides is 2. The average molecular weight is 605 g/mol. The van der Waals surface area contributed by atoms with Crippen molar-refractivity contribution in [3.05, 3.63) is 48.5 Å². The Bertz CT molecular complexity index is 1130. The number of thioether (sulfide) groups is 2. The maximum atomic E-state index is 12.7. The highest BCUT2D eigenvalue weighted by atomic mass is 35.5. The van der Waals surface area contributed by atoms with E-state index in [9.17, 15) is 35.9 Å². The Balaban J connectivity index is 0.000000241. The molecular formula is C22H19ClF6N2O5S2. The van der Waals surface area contributed by atoms with E-state index in [4.69, 9.17) is 26.2 Å². The molecule has 2 unspecified atom stereocenters. The molecule has 2 atom stereocenters. The summed E-state index contributed by atoms with van der Waals surface area (Å²) in [6.07, 6.45) is -1.72. The number of benzene rings is 2. The quantitative estimate of drug-likeness (QED) is 0.252. The molecule has 38 heavy (non-hydrogen) atoms. The normalized spacial score (nSPS) is 19.9. The van der Waals surface area contributed by atoms with Crippen LogP contribution < -0.4 is 9.80 Å². The molecule has 2 aromatic carbocycles. The van der Waals surface area contributed by atoms with Gasteiger partial charge in [0.15, 0.2) is 6.10 Å². The first-order valence-electron chi connectivity index (χ1n) is 10.6. The first kappa shape index (κ1) is 30.2. The van der Waals surface area contributed by atoms with Crippen molar-refractivity contribution in [2.45, 2.75) is 33.0 Å². The van der Waals surface area contributed by atoms with Crippen LogP contribution in [0.3, 0.4) is 0 Å². The lowest BCUT2D eigenvalue weighted by molar-refractivity contribution is -0.123. The second-order valence-electron chi connectivity index (χ2n) is 7.56. The lowest BCUT2D eigenvalue weighted by Crippen LogP contribution is -2.31. The number of para-hydroxylation sites is 1. The lowest BCUT2D eigenvalue weighted by Gasteiger charge is -2.20. The van der Waals surface area contributed by atoms with Crippen LogP contribution in [0.25, 0.3) is 0 Å². The van der Waals surface area contributed by atoms with E-state index in [0.29, 0.717) is 18.5 Å². The third-order valence-electron chi connectivity index (χ3n) is 4.91. The summed E-state index contributed by atoms with van der Waals surface area (Å²) in [5, 5.41) is 8.94. The van der Waals surface area contributed by atoms with Crippen LogP contribution in [0.4, 0.5) is 42.5 Å². The molecule has 0 radical (unpaired) electrons. The summed E-state index contributed by atoms with van der Waals surface area (Å²) in [5.74, 6) is -0.424. The summed E-state index contributed by atoms with van der Waals surface area (Å²) in [6, 6.07) is 12.1. The fraction of sp³-hybridized carbons (Fsp3) is 0.364. The van der Waals surface area contributed by atoms with Gasteiger partial charge in [0.1, 0.15) is 12.8 Å². The highest BCUT2D eigenvalue weighted by Gasteiger charge is 2.38. The van der Waals surface area contributed by atoms with Gasteiger partial charge in [0.05, 0.1) is 24.7 Å². The zero-order chi connectivity index (χ0) is 28.1. The van der Waals surface area contributed by atoms with E-state index < -0.39 is 69.7 Å². The van der Waals surface area contributed by atoms with Crippen LogP contribution >= 0.6 is 35.1 Å². The summed E-state index contributed by atoms with van der Waals surface area (Å²) in [5.41, 5.74) is -8.79. The molecule has 208 valence electrons. The van der Waals surface area contributed by atoms with Gasteiger partial charge in [-0.3, -0.25) is 14.6 Å². The number of carbonyl (C=O) groups is 2. The topological polar surface area (TPSA) is 79.3 Å². The van der Waals surface area contributed by atoms with Gasteiger partial charge < -0.3 is 14.6 Å². The van der Waals surface area contributed by atoms with Gasteiger partial charge in [0.25, 0.3) is 5.91 Å². The SMILES string of the molecule is O=C1C(CO)OCN1c1ccc(SC(F)(F)F)cc1SC(F)(F)F.O=C1OC(CCl)CN1c1ccccc1. The summed E-state index contributed by atoms with van der Waals surface area (Å²) in [7, 11) is 0. The number of anilines is 2. The minimum atomic E-state index is -4.75. The summed E-state index contributed by atoms with van der Waals surface area (Å²) >= 11 is 4.44. The second kappa shape index (κ2) is 12.7. The van der Waals surface area contributed by atoms with Gasteiger partial charge in [-0.05, 0) is 53.9 Å². The molecule has 2 fully saturated rings. The molecule has 2 saturated heterocycles. The smallest absolute Gasteiger partial charge is 0.443 e. The van der Waals surface area contributed by atoms with Crippen molar-refractivity contribution in [3.8, 4) is 0 Å². The van der Waals surface area contributed by atoms with Gasteiger partial charge >= 0.3 is 17.1 Å². The Morgan fingerprint density at radius 2 is 1.63 bits per heavy atom. The maximum Gasteiger partial charge on any atom is 0.446 e. The van der Waals surface area contributed by atoms with E-state index in [2.05, 4.69) is 0 Å². The van der Waals surface area contributed by atoms with Crippen molar-refractivity contribution in [2.75, 3.05) is 35.6 Å². The van der Waals surface area contributed by atoms with Crippen LogP contribution in [0.1, 0.15) is 0 Å². The van der Waals surface area contributed by atoms with Gasteiger partial charge in [0.2, 0.25) is 0 Å². The standard InChI is InChI=1S/C12H9F6NO3S2.C10H10ClNO2/c13-11(14,15)23-6-1-2-7(9(3-6)24-12(16,17)18)19-5-22-8(4-20)10(19)21;11-6-9-7-12(10(13)14-9)8-4-2-1-3-5-8/h1-3,8,20H,4-5H2;1-5,9H,6-7H2. The molecule has 0 bridgehead atoms. The highest BCUT2D eigenvalue weighted by molar-refractivity contribution is 8.01. The Labute approximate surface area is 226 Å². The van der Waals surface area contributed by atoms with Crippen LogP contribution in [0.15, 0.2) is 58.3 Å². The molecule has 2 heterocycles. The molecule has 0 aliphatic carbocycles. The van der Waals surface area contributed by atoms with E-state index in [-0.39, 0.29) is 17.9 Å². The number of cyclic esters (lactones) is 1.